The number of amides is 1. The van der Waals surface area contributed by atoms with E-state index in [-0.39, 0.29) is 47.2 Å². The number of hydrogen-bond acceptors (Lipinski definition) is 9. The molecular formula is C35H49ClN2O8S2. The summed E-state index contributed by atoms with van der Waals surface area (Å²) in [5.41, 5.74) is 0.313. The molecule has 2 bridgehead atoms. The van der Waals surface area contributed by atoms with Gasteiger partial charge in [-0.25, -0.2) is 13.1 Å². The van der Waals surface area contributed by atoms with Crippen molar-refractivity contribution < 1.29 is 35.7 Å². The molecule has 6 rings (SSSR count). The third-order valence-corrected chi connectivity index (χ3v) is 15.2. The van der Waals surface area contributed by atoms with Crippen LogP contribution in [0.15, 0.2) is 41.0 Å². The summed E-state index contributed by atoms with van der Waals surface area (Å²) in [5.74, 6) is -0.598. The quantitative estimate of drug-likeness (QED) is 0.386. The fourth-order valence-electron chi connectivity index (χ4n) is 8.91. The predicted octanol–water partition coefficient (Wildman–Crippen LogP) is 5.52. The van der Waals surface area contributed by atoms with Gasteiger partial charge in [0.1, 0.15) is 5.75 Å². The number of sulfonamides is 1. The number of nitrogens with one attached hydrogen (secondary N) is 1. The smallest absolute Gasteiger partial charge is 0.264 e. The van der Waals surface area contributed by atoms with Gasteiger partial charge in [-0.3, -0.25) is 8.98 Å². The van der Waals surface area contributed by atoms with Crippen molar-refractivity contribution in [2.75, 3.05) is 37.5 Å². The summed E-state index contributed by atoms with van der Waals surface area (Å²) in [7, 11) is -7.83. The van der Waals surface area contributed by atoms with E-state index in [1.807, 2.05) is 6.92 Å². The number of carbonyl (C=O) groups excluding carboxylic acids is 1. The molecule has 48 heavy (non-hydrogen) atoms. The van der Waals surface area contributed by atoms with E-state index in [0.29, 0.717) is 50.4 Å². The van der Waals surface area contributed by atoms with Gasteiger partial charge >= 0.3 is 0 Å². The maximum Gasteiger partial charge on any atom is 0.264 e. The molecule has 13 heteroatoms. The molecule has 2 aliphatic heterocycles. The Balaban J connectivity index is 1.43. The van der Waals surface area contributed by atoms with Crippen LogP contribution in [-0.4, -0.2) is 71.3 Å². The molecule has 1 aromatic carbocycles. The highest BCUT2D eigenvalue weighted by atomic mass is 35.5. The third kappa shape index (κ3) is 6.68. The molecule has 2 N–H and O–H groups in total. The number of allylic oxidation sites excluding steroid dienone is 4. The molecular weight excluding hydrogens is 676 g/mol. The minimum atomic E-state index is -4.03. The Kier molecular flexibility index (Phi) is 9.59. The lowest BCUT2D eigenvalue weighted by molar-refractivity contribution is -0.111. The fourth-order valence-corrected chi connectivity index (χ4v) is 10.8. The summed E-state index contributed by atoms with van der Waals surface area (Å²) in [5, 5.41) is 12.1. The molecule has 266 valence electrons. The molecule has 0 saturated heterocycles. The number of aliphatic hydroxyl groups is 1. The number of hydrogen-bond donors (Lipinski definition) is 2. The Morgan fingerprint density at radius 2 is 1.94 bits per heavy atom. The van der Waals surface area contributed by atoms with Crippen molar-refractivity contribution in [3.8, 4) is 5.75 Å². The van der Waals surface area contributed by atoms with Crippen molar-refractivity contribution in [2.24, 2.45) is 28.6 Å². The second-order valence-corrected chi connectivity index (χ2v) is 19.5. The van der Waals surface area contributed by atoms with Crippen molar-refractivity contribution in [1.82, 2.24) is 4.72 Å². The molecule has 1 unspecified atom stereocenters. The molecule has 3 aliphatic carbocycles. The molecule has 5 aliphatic rings. The summed E-state index contributed by atoms with van der Waals surface area (Å²) in [4.78, 5) is 15.8. The van der Waals surface area contributed by atoms with E-state index in [2.05, 4.69) is 28.7 Å². The number of halogens is 1. The van der Waals surface area contributed by atoms with Crippen molar-refractivity contribution in [1.29, 1.82) is 0 Å². The van der Waals surface area contributed by atoms with Crippen molar-refractivity contribution in [3.63, 3.8) is 0 Å². The predicted molar refractivity (Wildman–Crippen MR) is 186 cm³/mol. The molecule has 2 fully saturated rings. The highest BCUT2D eigenvalue weighted by Crippen LogP contribution is 2.60. The van der Waals surface area contributed by atoms with Crippen LogP contribution in [0.5, 0.6) is 5.75 Å². The second kappa shape index (κ2) is 12.9. The number of nitrogens with zero attached hydrogens (tertiary/aromatic N) is 1. The molecule has 7 atom stereocenters. The van der Waals surface area contributed by atoms with E-state index in [1.165, 1.54) is 5.57 Å². The first-order valence-electron chi connectivity index (χ1n) is 17.2. The fraction of sp³-hybridized carbons (Fsp3) is 0.686. The average molecular weight is 725 g/mol. The Labute approximate surface area is 290 Å². The van der Waals surface area contributed by atoms with Crippen LogP contribution in [0, 0.1) is 28.6 Å². The zero-order chi connectivity index (χ0) is 34.7. The SMILES string of the molecule is C[C@@H]1[C@@H](C)CCC[C@](O)(COS(C)(=O)=O)[C@@H]2CC[C@H]2CN2C[C@@]3(CCCC4=CC(Cl)=CCC43C)COc3ccc(cc32)C(=O)NS1(=O)=O. The van der Waals surface area contributed by atoms with Gasteiger partial charge in [0, 0.05) is 34.5 Å². The van der Waals surface area contributed by atoms with Crippen LogP contribution in [-0.2, 0) is 24.3 Å². The van der Waals surface area contributed by atoms with Crippen LogP contribution in [0.1, 0.15) is 88.9 Å². The van der Waals surface area contributed by atoms with Crippen LogP contribution in [0.2, 0.25) is 0 Å². The minimum Gasteiger partial charge on any atom is -0.491 e. The van der Waals surface area contributed by atoms with Crippen LogP contribution in [0.25, 0.3) is 0 Å². The Bertz CT molecular complexity index is 1730. The zero-order valence-electron chi connectivity index (χ0n) is 28.3. The lowest BCUT2D eigenvalue weighted by atomic mass is 9.52. The number of carbonyl (C=O) groups is 1. The van der Waals surface area contributed by atoms with E-state index in [9.17, 15) is 26.7 Å². The van der Waals surface area contributed by atoms with Crippen molar-refractivity contribution >= 4 is 43.3 Å². The largest absolute Gasteiger partial charge is 0.491 e. The van der Waals surface area contributed by atoms with Crippen LogP contribution >= 0.6 is 11.6 Å². The zero-order valence-corrected chi connectivity index (χ0v) is 30.7. The van der Waals surface area contributed by atoms with Gasteiger partial charge in [0.25, 0.3) is 16.0 Å². The molecule has 1 amide bonds. The molecule has 0 aromatic heterocycles. The summed E-state index contributed by atoms with van der Waals surface area (Å²) in [6, 6.07) is 5.10. The van der Waals surface area contributed by atoms with Gasteiger partial charge in [-0.1, -0.05) is 43.5 Å². The standard InChI is InChI=1S/C35H49ClN2O8S2/c1-23-7-5-15-35(40,22-46-47(4,41)42)29-11-9-26(29)19-38-20-34(14-6-8-27-18-28(36)13-16-33(27,34)3)21-45-31-12-10-25(17-30(31)38)32(39)37-48(43,44)24(23)2/h10,12-13,17-18,23-24,26,29,40H,5-9,11,14-16,19-22H2,1-4H3,(H,37,39)/t23-,24+,26-,29+,33?,34-,35-/m0/s1. The van der Waals surface area contributed by atoms with E-state index in [0.717, 1.165) is 43.4 Å². The number of rotatable bonds is 3. The first kappa shape index (κ1) is 35.7. The van der Waals surface area contributed by atoms with E-state index < -0.39 is 36.9 Å². The lowest BCUT2D eigenvalue weighted by Gasteiger charge is -2.55. The molecule has 10 nitrogen and oxygen atoms in total. The van der Waals surface area contributed by atoms with Crippen molar-refractivity contribution in [3.05, 3.63) is 46.5 Å². The molecule has 1 aromatic rings. The summed E-state index contributed by atoms with van der Waals surface area (Å²) < 4.78 is 65.2. The van der Waals surface area contributed by atoms with Gasteiger partial charge < -0.3 is 14.7 Å². The summed E-state index contributed by atoms with van der Waals surface area (Å²) in [6.07, 6.45) is 11.6. The van der Waals surface area contributed by atoms with Gasteiger partial charge in [0.15, 0.2) is 0 Å². The Hall–Kier alpha value is -2.12. The second-order valence-electron chi connectivity index (χ2n) is 15.3. The highest BCUT2D eigenvalue weighted by Gasteiger charge is 2.55. The molecule has 2 saturated carbocycles. The van der Waals surface area contributed by atoms with E-state index in [4.69, 9.17) is 20.5 Å². The highest BCUT2D eigenvalue weighted by molar-refractivity contribution is 7.90. The minimum absolute atomic E-state index is 0.0235. The van der Waals surface area contributed by atoms with Crippen LogP contribution in [0.4, 0.5) is 5.69 Å². The maximum absolute atomic E-state index is 13.5. The monoisotopic (exact) mass is 724 g/mol. The van der Waals surface area contributed by atoms with Gasteiger partial charge in [-0.15, -0.1) is 0 Å². The van der Waals surface area contributed by atoms with E-state index in [1.54, 1.807) is 25.1 Å². The number of ether oxygens (including phenoxy) is 1. The normalized spacial score (nSPS) is 37.0. The molecule has 2 heterocycles. The Morgan fingerprint density at radius 3 is 2.65 bits per heavy atom. The Morgan fingerprint density at radius 1 is 1.17 bits per heavy atom. The summed E-state index contributed by atoms with van der Waals surface area (Å²) in [6.45, 7) is 6.98. The topological polar surface area (TPSA) is 139 Å². The number of benzene rings is 1. The first-order chi connectivity index (χ1) is 22.5. The third-order valence-electron chi connectivity index (χ3n) is 12.4. The lowest BCUT2D eigenvalue weighted by Crippen LogP contribution is -2.57. The number of fused-ring (bicyclic) bond motifs is 4. The molecule has 0 radical (unpaired) electrons. The van der Waals surface area contributed by atoms with Gasteiger partial charge in [0.05, 0.1) is 36.0 Å². The summed E-state index contributed by atoms with van der Waals surface area (Å²) >= 11 is 6.51. The maximum atomic E-state index is 13.5. The van der Waals surface area contributed by atoms with Crippen molar-refractivity contribution in [2.45, 2.75) is 89.4 Å². The molecule has 1 spiro atoms. The number of anilines is 1. The van der Waals surface area contributed by atoms with Gasteiger partial charge in [-0.2, -0.15) is 8.42 Å². The van der Waals surface area contributed by atoms with E-state index >= 15 is 0 Å². The average Bonchev–Trinajstić information content (AvgIpc) is 3.15. The van der Waals surface area contributed by atoms with Gasteiger partial charge in [0.2, 0.25) is 10.0 Å². The van der Waals surface area contributed by atoms with Crippen LogP contribution in [0.3, 0.4) is 0 Å². The van der Waals surface area contributed by atoms with Crippen LogP contribution < -0.4 is 14.4 Å². The van der Waals surface area contributed by atoms with Gasteiger partial charge in [-0.05, 0) is 100 Å². The first-order valence-corrected chi connectivity index (χ1v) is 20.9.